The highest BCUT2D eigenvalue weighted by molar-refractivity contribution is 4.92. The monoisotopic (exact) mass is 278 g/mol. The minimum atomic E-state index is 0.179. The fraction of sp³-hybridized carbons (Fsp3) is 0.889. The van der Waals surface area contributed by atoms with Gasteiger partial charge in [0.05, 0.1) is 12.2 Å². The second kappa shape index (κ2) is 5.96. The topological polar surface area (TPSA) is 18.5 Å². The maximum absolute atomic E-state index is 6.35. The van der Waals surface area contributed by atoms with E-state index in [9.17, 15) is 0 Å². The molecule has 4 bridgehead atoms. The minimum absolute atomic E-state index is 0.179. The zero-order valence-corrected chi connectivity index (χ0v) is 13.2. The lowest BCUT2D eigenvalue weighted by Gasteiger charge is -2.31. The van der Waals surface area contributed by atoms with Crippen LogP contribution in [0.3, 0.4) is 0 Å². The van der Waals surface area contributed by atoms with Gasteiger partial charge < -0.3 is 9.47 Å². The first-order valence-electron chi connectivity index (χ1n) is 8.56. The lowest BCUT2D eigenvalue weighted by Crippen LogP contribution is -2.27. The van der Waals surface area contributed by atoms with Crippen LogP contribution in [0.25, 0.3) is 0 Å². The molecule has 3 fully saturated rings. The predicted octanol–water partition coefficient (Wildman–Crippen LogP) is 4.89. The van der Waals surface area contributed by atoms with E-state index < -0.39 is 0 Å². The minimum Gasteiger partial charge on any atom is -0.342 e. The molecule has 0 aromatic carbocycles. The van der Waals surface area contributed by atoms with Crippen LogP contribution >= 0.6 is 0 Å². The van der Waals surface area contributed by atoms with Crippen LogP contribution in [0.2, 0.25) is 0 Å². The molecule has 0 N–H and O–H groups in total. The van der Waals surface area contributed by atoms with Gasteiger partial charge in [-0.15, -0.1) is 0 Å². The first kappa shape index (κ1) is 14.8. The molecule has 1 saturated heterocycles. The average molecular weight is 278 g/mol. The molecule has 20 heavy (non-hydrogen) atoms. The van der Waals surface area contributed by atoms with Gasteiger partial charge in [-0.2, -0.15) is 0 Å². The van der Waals surface area contributed by atoms with E-state index in [4.69, 9.17) is 9.47 Å². The Balaban J connectivity index is 1.77. The van der Waals surface area contributed by atoms with E-state index in [0.717, 1.165) is 31.0 Å². The van der Waals surface area contributed by atoms with Gasteiger partial charge in [0.25, 0.3) is 0 Å². The van der Waals surface area contributed by atoms with Crippen LogP contribution in [-0.4, -0.2) is 12.2 Å². The largest absolute Gasteiger partial charge is 0.342 e. The second-order valence-electron chi connectivity index (χ2n) is 7.88. The van der Waals surface area contributed by atoms with Crippen LogP contribution in [0, 0.1) is 30.5 Å². The van der Waals surface area contributed by atoms with E-state index in [2.05, 4.69) is 20.8 Å². The smallest absolute Gasteiger partial charge is 0.224 e. The molecule has 4 unspecified atom stereocenters. The van der Waals surface area contributed by atoms with Gasteiger partial charge in [0.15, 0.2) is 0 Å². The van der Waals surface area contributed by atoms with Crippen LogP contribution in [-0.2, 0) is 9.47 Å². The number of fused-ring (bicyclic) bond motifs is 8. The third kappa shape index (κ3) is 3.22. The zero-order chi connectivity index (χ0) is 14.2. The molecule has 0 amide bonds. The van der Waals surface area contributed by atoms with E-state index in [1.807, 2.05) is 0 Å². The van der Waals surface area contributed by atoms with E-state index >= 15 is 0 Å². The SMILES string of the molecule is [CH2]CC(C)(C)C[C]1OC2CCC(O1)C1CCCC2CC1. The van der Waals surface area contributed by atoms with Crippen molar-refractivity contribution in [1.82, 2.24) is 0 Å². The molecule has 2 radical (unpaired) electrons. The summed E-state index contributed by atoms with van der Waals surface area (Å²) >= 11 is 0. The molecule has 2 heteroatoms. The summed E-state index contributed by atoms with van der Waals surface area (Å²) in [5.41, 5.74) is 0.179. The van der Waals surface area contributed by atoms with Crippen molar-refractivity contribution in [2.75, 3.05) is 0 Å². The Morgan fingerprint density at radius 1 is 0.950 bits per heavy atom. The van der Waals surface area contributed by atoms with Crippen molar-refractivity contribution in [3.05, 3.63) is 13.2 Å². The van der Waals surface area contributed by atoms with Crippen molar-refractivity contribution in [1.29, 1.82) is 0 Å². The quantitative estimate of drug-likeness (QED) is 0.684. The summed E-state index contributed by atoms with van der Waals surface area (Å²) < 4.78 is 12.7. The standard InChI is InChI=1S/C18H30O2/c1-4-18(2,3)12-17-19-15-10-11-16(20-17)14-7-5-6-13(15)8-9-14/h13-16H,1,4-12H2,2-3H3. The summed E-state index contributed by atoms with van der Waals surface area (Å²) in [5, 5.41) is 0. The predicted molar refractivity (Wildman–Crippen MR) is 80.7 cm³/mol. The lowest BCUT2D eigenvalue weighted by molar-refractivity contribution is -0.119. The van der Waals surface area contributed by atoms with Gasteiger partial charge in [-0.25, -0.2) is 0 Å². The summed E-state index contributed by atoms with van der Waals surface area (Å²) in [7, 11) is 0. The Morgan fingerprint density at radius 2 is 1.50 bits per heavy atom. The highest BCUT2D eigenvalue weighted by Crippen LogP contribution is 2.45. The number of hydrogen-bond acceptors (Lipinski definition) is 2. The first-order chi connectivity index (χ1) is 9.57. The summed E-state index contributed by atoms with van der Waals surface area (Å²) in [4.78, 5) is 0. The fourth-order valence-electron chi connectivity index (χ4n) is 4.14. The summed E-state index contributed by atoms with van der Waals surface area (Å²) in [6.07, 6.45) is 12.8. The molecule has 1 aliphatic heterocycles. The maximum atomic E-state index is 6.35. The molecule has 0 spiro atoms. The van der Waals surface area contributed by atoms with Crippen molar-refractivity contribution in [2.45, 2.75) is 83.8 Å². The van der Waals surface area contributed by atoms with Gasteiger partial charge in [-0.3, -0.25) is 0 Å². The normalized spacial score (nSPS) is 39.1. The Hall–Kier alpha value is -0.0800. The third-order valence-electron chi connectivity index (χ3n) is 5.71. The number of rotatable bonds is 3. The Labute approximate surface area is 124 Å². The zero-order valence-electron chi connectivity index (χ0n) is 13.2. The van der Waals surface area contributed by atoms with E-state index in [-0.39, 0.29) is 5.41 Å². The molecule has 4 atom stereocenters. The van der Waals surface area contributed by atoms with Gasteiger partial charge in [-0.1, -0.05) is 27.2 Å². The van der Waals surface area contributed by atoms with Crippen molar-refractivity contribution >= 4 is 0 Å². The Bertz CT molecular complexity index is 303. The van der Waals surface area contributed by atoms with Crippen molar-refractivity contribution in [3.8, 4) is 0 Å². The molecule has 3 rings (SSSR count). The van der Waals surface area contributed by atoms with Crippen molar-refractivity contribution in [3.63, 3.8) is 0 Å². The molecule has 2 saturated carbocycles. The summed E-state index contributed by atoms with van der Waals surface area (Å²) in [6, 6.07) is 0. The van der Waals surface area contributed by atoms with Gasteiger partial charge in [0.2, 0.25) is 6.29 Å². The number of hydrogen-bond donors (Lipinski definition) is 0. The van der Waals surface area contributed by atoms with Crippen molar-refractivity contribution < 1.29 is 9.47 Å². The Morgan fingerprint density at radius 3 is 2.00 bits per heavy atom. The molecule has 3 aliphatic rings. The van der Waals surface area contributed by atoms with Crippen LogP contribution < -0.4 is 0 Å². The van der Waals surface area contributed by atoms with E-state index in [0.29, 0.717) is 12.2 Å². The highest BCUT2D eigenvalue weighted by Gasteiger charge is 2.41. The third-order valence-corrected chi connectivity index (χ3v) is 5.71. The van der Waals surface area contributed by atoms with Crippen LogP contribution in [0.4, 0.5) is 0 Å². The van der Waals surface area contributed by atoms with Gasteiger partial charge in [0.1, 0.15) is 0 Å². The lowest BCUT2D eigenvalue weighted by atomic mass is 9.84. The van der Waals surface area contributed by atoms with Gasteiger partial charge in [-0.05, 0) is 62.2 Å². The van der Waals surface area contributed by atoms with Gasteiger partial charge >= 0.3 is 0 Å². The van der Waals surface area contributed by atoms with Crippen LogP contribution in [0.5, 0.6) is 0 Å². The molecule has 2 aliphatic carbocycles. The molecular formula is C18H30O2. The van der Waals surface area contributed by atoms with E-state index in [1.54, 1.807) is 0 Å². The number of ether oxygens (including phenoxy) is 2. The summed E-state index contributed by atoms with van der Waals surface area (Å²) in [6.45, 7) is 8.59. The molecule has 0 aromatic heterocycles. The molecule has 1 heterocycles. The van der Waals surface area contributed by atoms with Crippen LogP contribution in [0.1, 0.15) is 71.6 Å². The first-order valence-corrected chi connectivity index (χ1v) is 8.56. The molecule has 114 valence electrons. The molecular weight excluding hydrogens is 248 g/mol. The molecule has 2 nitrogen and oxygen atoms in total. The summed E-state index contributed by atoms with van der Waals surface area (Å²) in [5.74, 6) is 1.53. The van der Waals surface area contributed by atoms with Gasteiger partial charge in [0, 0.05) is 6.42 Å². The highest BCUT2D eigenvalue weighted by atomic mass is 16.7. The average Bonchev–Trinajstić information content (AvgIpc) is 2.71. The Kier molecular flexibility index (Phi) is 4.42. The fourth-order valence-corrected chi connectivity index (χ4v) is 4.14. The van der Waals surface area contributed by atoms with Crippen molar-refractivity contribution in [2.24, 2.45) is 17.3 Å². The van der Waals surface area contributed by atoms with E-state index in [1.165, 1.54) is 44.9 Å². The second-order valence-corrected chi connectivity index (χ2v) is 7.88. The van der Waals surface area contributed by atoms with Crippen LogP contribution in [0.15, 0.2) is 0 Å². The maximum Gasteiger partial charge on any atom is 0.224 e. The molecule has 0 aromatic rings.